The van der Waals surface area contributed by atoms with Gasteiger partial charge in [-0.3, -0.25) is 4.79 Å². The largest absolute Gasteiger partial charge is 0.356 e. The Bertz CT molecular complexity index is 1120. The summed E-state index contributed by atoms with van der Waals surface area (Å²) in [6.45, 7) is 6.18. The van der Waals surface area contributed by atoms with Gasteiger partial charge in [0.15, 0.2) is 0 Å². The summed E-state index contributed by atoms with van der Waals surface area (Å²) in [6, 6.07) is 16.7. The molecule has 0 aliphatic heterocycles. The molecule has 1 aromatic heterocycles. The van der Waals surface area contributed by atoms with Crippen molar-refractivity contribution < 1.29 is 4.79 Å². The number of hydrogen-bond donors (Lipinski definition) is 1. The van der Waals surface area contributed by atoms with E-state index >= 15 is 0 Å². The molecule has 0 atom stereocenters. The van der Waals surface area contributed by atoms with Gasteiger partial charge in [0.05, 0.1) is 17.5 Å². The minimum Gasteiger partial charge on any atom is -0.356 e. The first-order valence-electron chi connectivity index (χ1n) is 16.9. The number of nitrogens with zero attached hydrogens (tertiary/aromatic N) is 2. The minimum atomic E-state index is 0.120. The quantitative estimate of drug-likeness (QED) is 0.118. The van der Waals surface area contributed by atoms with Crippen LogP contribution in [0.5, 0.6) is 0 Å². The lowest BCUT2D eigenvalue weighted by molar-refractivity contribution is -0.120. The zero-order valence-corrected chi connectivity index (χ0v) is 26.3. The highest BCUT2D eigenvalue weighted by atomic mass is 16.1. The molecule has 0 saturated carbocycles. The van der Waals surface area contributed by atoms with Gasteiger partial charge in [0.2, 0.25) is 5.91 Å². The number of unbranched alkanes of at least 4 members (excludes halogenated alkanes) is 15. The Morgan fingerprint density at radius 2 is 1.29 bits per heavy atom. The van der Waals surface area contributed by atoms with Gasteiger partial charge < -0.3 is 9.88 Å². The Morgan fingerprint density at radius 3 is 1.98 bits per heavy atom. The Balaban J connectivity index is 1.27. The highest BCUT2D eigenvalue weighted by molar-refractivity contribution is 5.78. The van der Waals surface area contributed by atoms with E-state index in [0.29, 0.717) is 6.42 Å². The average Bonchev–Trinajstić information content (AvgIpc) is 3.33. The Hall–Kier alpha value is -2.62. The summed E-state index contributed by atoms with van der Waals surface area (Å²) in [7, 11) is 0. The molecule has 0 aliphatic rings. The SMILES string of the molecule is CCCCCCCCCCCCCCCCn1c(CCCCCNC(=O)Cc2ccccc2C)nc2ccccc21. The molecule has 3 rings (SSSR count). The molecule has 4 heteroatoms. The van der Waals surface area contributed by atoms with Gasteiger partial charge in [-0.25, -0.2) is 4.98 Å². The van der Waals surface area contributed by atoms with Crippen LogP contribution in [0.25, 0.3) is 11.0 Å². The molecule has 41 heavy (non-hydrogen) atoms. The maximum absolute atomic E-state index is 12.3. The van der Waals surface area contributed by atoms with Crippen molar-refractivity contribution in [3.05, 3.63) is 65.5 Å². The standard InChI is InChI=1S/C37H57N3O/c1-3-4-5-6-7-8-9-10-11-12-13-14-15-23-30-40-35-27-21-20-26-34(35)39-36(40)28-17-16-22-29-38-37(41)31-33-25-19-18-24-32(33)2/h18-21,24-27H,3-17,22-23,28-31H2,1-2H3,(H,38,41). The second kappa shape index (κ2) is 20.3. The number of imidazole rings is 1. The van der Waals surface area contributed by atoms with Crippen LogP contribution in [-0.4, -0.2) is 22.0 Å². The van der Waals surface area contributed by atoms with E-state index in [-0.39, 0.29) is 5.91 Å². The van der Waals surface area contributed by atoms with Crippen molar-refractivity contribution in [2.75, 3.05) is 6.54 Å². The Kier molecular flexibility index (Phi) is 16.3. The molecule has 0 bridgehead atoms. The molecular formula is C37H57N3O. The number of nitrogens with one attached hydrogen (secondary N) is 1. The summed E-state index contributed by atoms with van der Waals surface area (Å²) in [5.41, 5.74) is 4.69. The van der Waals surface area contributed by atoms with Crippen molar-refractivity contribution >= 4 is 16.9 Å². The molecule has 4 nitrogen and oxygen atoms in total. The summed E-state index contributed by atoms with van der Waals surface area (Å²) < 4.78 is 2.47. The number of rotatable bonds is 23. The molecule has 1 amide bonds. The smallest absolute Gasteiger partial charge is 0.224 e. The highest BCUT2D eigenvalue weighted by Gasteiger charge is 2.10. The first-order chi connectivity index (χ1) is 20.2. The van der Waals surface area contributed by atoms with Gasteiger partial charge in [0, 0.05) is 19.5 Å². The van der Waals surface area contributed by atoms with Gasteiger partial charge in [-0.15, -0.1) is 0 Å². The fourth-order valence-corrected chi connectivity index (χ4v) is 5.89. The van der Waals surface area contributed by atoms with Crippen LogP contribution in [0.4, 0.5) is 0 Å². The third-order valence-electron chi connectivity index (χ3n) is 8.48. The van der Waals surface area contributed by atoms with Gasteiger partial charge in [-0.1, -0.05) is 133 Å². The zero-order chi connectivity index (χ0) is 29.0. The normalized spacial score (nSPS) is 11.4. The van der Waals surface area contributed by atoms with E-state index in [2.05, 4.69) is 54.1 Å². The van der Waals surface area contributed by atoms with Crippen molar-refractivity contribution in [3.63, 3.8) is 0 Å². The molecular weight excluding hydrogens is 502 g/mol. The summed E-state index contributed by atoms with van der Waals surface area (Å²) >= 11 is 0. The second-order valence-electron chi connectivity index (χ2n) is 12.0. The highest BCUT2D eigenvalue weighted by Crippen LogP contribution is 2.20. The number of hydrogen-bond acceptors (Lipinski definition) is 2. The van der Waals surface area contributed by atoms with Crippen LogP contribution in [-0.2, 0) is 24.2 Å². The van der Waals surface area contributed by atoms with E-state index < -0.39 is 0 Å². The number of fused-ring (bicyclic) bond motifs is 1. The number of carbonyl (C=O) groups excluding carboxylic acids is 1. The third kappa shape index (κ3) is 12.8. The maximum Gasteiger partial charge on any atom is 0.224 e. The van der Waals surface area contributed by atoms with Crippen molar-refractivity contribution in [1.29, 1.82) is 0 Å². The fraction of sp³-hybridized carbons (Fsp3) is 0.622. The van der Waals surface area contributed by atoms with Crippen molar-refractivity contribution in [2.24, 2.45) is 0 Å². The molecule has 0 saturated heterocycles. The first-order valence-corrected chi connectivity index (χ1v) is 16.9. The summed E-state index contributed by atoms with van der Waals surface area (Å²) in [5.74, 6) is 1.35. The monoisotopic (exact) mass is 559 g/mol. The molecule has 1 heterocycles. The molecule has 0 radical (unpaired) electrons. The van der Waals surface area contributed by atoms with E-state index in [4.69, 9.17) is 4.98 Å². The van der Waals surface area contributed by atoms with E-state index in [1.807, 2.05) is 18.2 Å². The van der Waals surface area contributed by atoms with Gasteiger partial charge in [-0.2, -0.15) is 0 Å². The maximum atomic E-state index is 12.3. The third-order valence-corrected chi connectivity index (χ3v) is 8.48. The second-order valence-corrected chi connectivity index (χ2v) is 12.0. The van der Waals surface area contributed by atoms with Gasteiger partial charge >= 0.3 is 0 Å². The van der Waals surface area contributed by atoms with E-state index in [1.54, 1.807) is 0 Å². The van der Waals surface area contributed by atoms with Gasteiger partial charge in [-0.05, 0) is 49.4 Å². The molecule has 0 aliphatic carbocycles. The van der Waals surface area contributed by atoms with E-state index in [0.717, 1.165) is 49.9 Å². The van der Waals surface area contributed by atoms with Crippen LogP contribution in [0, 0.1) is 6.92 Å². The molecule has 226 valence electrons. The average molecular weight is 560 g/mol. The number of para-hydroxylation sites is 2. The van der Waals surface area contributed by atoms with Crippen LogP contribution in [0.2, 0.25) is 0 Å². The predicted octanol–water partition coefficient (Wildman–Crippen LogP) is 9.90. The lowest BCUT2D eigenvalue weighted by atomic mass is 10.0. The first kappa shape index (κ1) is 32.9. The molecule has 1 N–H and O–H groups in total. The molecule has 0 spiro atoms. The zero-order valence-electron chi connectivity index (χ0n) is 26.3. The van der Waals surface area contributed by atoms with Crippen molar-refractivity contribution in [1.82, 2.24) is 14.9 Å². The molecule has 2 aromatic carbocycles. The predicted molar refractivity (Wildman–Crippen MR) is 175 cm³/mol. The Labute approximate surface area is 250 Å². The van der Waals surface area contributed by atoms with Crippen LogP contribution in [0.1, 0.15) is 133 Å². The summed E-state index contributed by atoms with van der Waals surface area (Å²) in [4.78, 5) is 17.3. The molecule has 3 aromatic rings. The van der Waals surface area contributed by atoms with Crippen molar-refractivity contribution in [2.45, 2.75) is 142 Å². The summed E-state index contributed by atoms with van der Waals surface area (Å²) in [5, 5.41) is 3.10. The molecule has 0 fully saturated rings. The lowest BCUT2D eigenvalue weighted by Crippen LogP contribution is -2.26. The van der Waals surface area contributed by atoms with Crippen LogP contribution >= 0.6 is 0 Å². The van der Waals surface area contributed by atoms with Crippen LogP contribution in [0.3, 0.4) is 0 Å². The fourth-order valence-electron chi connectivity index (χ4n) is 5.89. The van der Waals surface area contributed by atoms with E-state index in [1.165, 1.54) is 107 Å². The number of carbonyl (C=O) groups is 1. The number of amides is 1. The number of aryl methyl sites for hydroxylation is 3. The van der Waals surface area contributed by atoms with Gasteiger partial charge in [0.25, 0.3) is 0 Å². The van der Waals surface area contributed by atoms with Crippen LogP contribution in [0.15, 0.2) is 48.5 Å². The number of aromatic nitrogens is 2. The Morgan fingerprint density at radius 1 is 0.707 bits per heavy atom. The topological polar surface area (TPSA) is 46.9 Å². The van der Waals surface area contributed by atoms with Crippen molar-refractivity contribution in [3.8, 4) is 0 Å². The summed E-state index contributed by atoms with van der Waals surface area (Å²) in [6.07, 6.45) is 24.2. The van der Waals surface area contributed by atoms with Crippen LogP contribution < -0.4 is 5.32 Å². The van der Waals surface area contributed by atoms with Gasteiger partial charge in [0.1, 0.15) is 5.82 Å². The lowest BCUT2D eigenvalue weighted by Gasteiger charge is -2.10. The minimum absolute atomic E-state index is 0.120. The number of benzene rings is 2. The van der Waals surface area contributed by atoms with E-state index in [9.17, 15) is 4.79 Å². The molecule has 0 unspecified atom stereocenters.